The summed E-state index contributed by atoms with van der Waals surface area (Å²) in [5, 5.41) is 0. The molecule has 0 aliphatic heterocycles. The molecule has 32 heavy (non-hydrogen) atoms. The number of rotatable bonds is 5. The van der Waals surface area contributed by atoms with E-state index in [1.165, 1.54) is 32.4 Å². The van der Waals surface area contributed by atoms with Gasteiger partial charge in [-0.3, -0.25) is 4.79 Å². The van der Waals surface area contributed by atoms with E-state index in [1.54, 1.807) is 6.07 Å². The van der Waals surface area contributed by atoms with Crippen LogP contribution in [-0.2, 0) is 16.1 Å². The normalized spacial score (nSPS) is 9.44. The van der Waals surface area contributed by atoms with Gasteiger partial charge in [0.05, 0.1) is 19.8 Å². The summed E-state index contributed by atoms with van der Waals surface area (Å²) in [6, 6.07) is 15.4. The van der Waals surface area contributed by atoms with Crippen molar-refractivity contribution in [1.29, 1.82) is 0 Å². The minimum Gasteiger partial charge on any atom is -0.473 e. The lowest BCUT2D eigenvalue weighted by Crippen LogP contribution is -2.13. The predicted molar refractivity (Wildman–Crippen MR) is 120 cm³/mol. The predicted octanol–water partition coefficient (Wildman–Crippen LogP) is 2.41. The molecule has 0 amide bonds. The molecule has 10 nitrogen and oxygen atoms in total. The monoisotopic (exact) mass is 442 g/mol. The Morgan fingerprint density at radius 3 is 2.06 bits per heavy atom. The van der Waals surface area contributed by atoms with Gasteiger partial charge in [-0.05, 0) is 17.7 Å². The van der Waals surface area contributed by atoms with Gasteiger partial charge < -0.3 is 30.7 Å². The summed E-state index contributed by atoms with van der Waals surface area (Å²) in [6.45, 7) is 0.394. The quantitative estimate of drug-likeness (QED) is 0.504. The summed E-state index contributed by atoms with van der Waals surface area (Å²) in [7, 11) is 2.54. The van der Waals surface area contributed by atoms with Gasteiger partial charge in [0.2, 0.25) is 11.4 Å². The van der Waals surface area contributed by atoms with Crippen LogP contribution in [0.15, 0.2) is 59.4 Å². The molecule has 0 atom stereocenters. The second kappa shape index (κ2) is 12.4. The van der Waals surface area contributed by atoms with Gasteiger partial charge in [0.1, 0.15) is 23.8 Å². The van der Waals surface area contributed by atoms with Crippen molar-refractivity contribution in [2.45, 2.75) is 14.0 Å². The van der Waals surface area contributed by atoms with Gasteiger partial charge in [-0.15, -0.1) is 0 Å². The lowest BCUT2D eigenvalue weighted by molar-refractivity contribution is 0.0592. The van der Waals surface area contributed by atoms with Crippen molar-refractivity contribution in [1.82, 2.24) is 9.97 Å². The SMILES string of the molecule is C.COC(=O)c1ccc(=O)[nH]c1N.COC(=O)c1ccc(OCc2ccccc2)nc1N. The van der Waals surface area contributed by atoms with Crippen molar-refractivity contribution >= 4 is 23.6 Å². The molecule has 3 aromatic rings. The molecule has 1 aromatic carbocycles. The number of carbonyl (C=O) groups excluding carboxylic acids is 2. The number of esters is 2. The fourth-order valence-corrected chi connectivity index (χ4v) is 2.33. The van der Waals surface area contributed by atoms with Gasteiger partial charge in [-0.25, -0.2) is 9.59 Å². The van der Waals surface area contributed by atoms with E-state index >= 15 is 0 Å². The molecule has 3 rings (SSSR count). The van der Waals surface area contributed by atoms with E-state index in [0.717, 1.165) is 5.56 Å². The fraction of sp³-hybridized carbons (Fsp3) is 0.182. The summed E-state index contributed by atoms with van der Waals surface area (Å²) >= 11 is 0. The van der Waals surface area contributed by atoms with E-state index in [0.29, 0.717) is 12.5 Å². The summed E-state index contributed by atoms with van der Waals surface area (Å²) in [5.74, 6) is -0.593. The van der Waals surface area contributed by atoms with Crippen LogP contribution < -0.4 is 21.8 Å². The molecule has 2 aromatic heterocycles. The van der Waals surface area contributed by atoms with E-state index in [2.05, 4.69) is 19.4 Å². The molecule has 0 radical (unpaired) electrons. The van der Waals surface area contributed by atoms with Crippen LogP contribution in [0, 0.1) is 0 Å². The van der Waals surface area contributed by atoms with Crippen LogP contribution in [0.25, 0.3) is 0 Å². The van der Waals surface area contributed by atoms with Gasteiger partial charge in [0, 0.05) is 12.1 Å². The number of nitrogens with zero attached hydrogens (tertiary/aromatic N) is 1. The average Bonchev–Trinajstić information content (AvgIpc) is 2.78. The maximum atomic E-state index is 11.3. The van der Waals surface area contributed by atoms with Crippen LogP contribution in [0.5, 0.6) is 5.88 Å². The standard InChI is InChI=1S/C14H14N2O3.C7H8N2O3.CH4/c1-18-14(17)11-7-8-12(16-13(11)15)19-9-10-5-3-2-4-6-10;1-12-7(11)4-2-3-5(10)9-6(4)8;/h2-8H,9H2,1H3,(H2,15,16);2-3H,1H3,(H3,8,9,10);1H4. The number of aromatic amines is 1. The first-order valence-corrected chi connectivity index (χ1v) is 8.94. The van der Waals surface area contributed by atoms with E-state index in [9.17, 15) is 14.4 Å². The van der Waals surface area contributed by atoms with Crippen LogP contribution in [-0.4, -0.2) is 36.1 Å². The average molecular weight is 442 g/mol. The first-order valence-electron chi connectivity index (χ1n) is 8.94. The molecule has 0 saturated heterocycles. The van der Waals surface area contributed by atoms with Crippen LogP contribution in [0.2, 0.25) is 0 Å². The third kappa shape index (κ3) is 7.17. The second-order valence-corrected chi connectivity index (χ2v) is 5.99. The van der Waals surface area contributed by atoms with Crippen molar-refractivity contribution in [2.24, 2.45) is 0 Å². The summed E-state index contributed by atoms with van der Waals surface area (Å²) in [4.78, 5) is 39.2. The van der Waals surface area contributed by atoms with Gasteiger partial charge >= 0.3 is 11.9 Å². The van der Waals surface area contributed by atoms with Crippen LogP contribution in [0.1, 0.15) is 33.7 Å². The van der Waals surface area contributed by atoms with E-state index in [4.69, 9.17) is 16.2 Å². The molecule has 0 aliphatic carbocycles. The highest BCUT2D eigenvalue weighted by atomic mass is 16.5. The highest BCUT2D eigenvalue weighted by molar-refractivity contribution is 5.94. The smallest absolute Gasteiger partial charge is 0.341 e. The number of benzene rings is 1. The van der Waals surface area contributed by atoms with Crippen molar-refractivity contribution in [2.75, 3.05) is 25.7 Å². The third-order valence-electron chi connectivity index (χ3n) is 3.89. The van der Waals surface area contributed by atoms with Gasteiger partial charge in [0.15, 0.2) is 0 Å². The van der Waals surface area contributed by atoms with Crippen LogP contribution in [0.3, 0.4) is 0 Å². The zero-order valence-electron chi connectivity index (χ0n) is 17.0. The molecule has 0 bridgehead atoms. The minimum atomic E-state index is -0.566. The van der Waals surface area contributed by atoms with E-state index in [1.807, 2.05) is 30.3 Å². The molecule has 0 spiro atoms. The van der Waals surface area contributed by atoms with Crippen LogP contribution >= 0.6 is 0 Å². The molecule has 2 heterocycles. The zero-order chi connectivity index (χ0) is 22.8. The number of nitrogens with two attached hydrogens (primary N) is 2. The molecule has 170 valence electrons. The van der Waals surface area contributed by atoms with Gasteiger partial charge in [-0.1, -0.05) is 37.8 Å². The highest BCUT2D eigenvalue weighted by Crippen LogP contribution is 2.17. The number of anilines is 2. The first kappa shape index (κ1) is 25.7. The van der Waals surface area contributed by atoms with Crippen molar-refractivity contribution in [3.8, 4) is 5.88 Å². The number of hydrogen-bond donors (Lipinski definition) is 3. The van der Waals surface area contributed by atoms with Crippen molar-refractivity contribution in [3.05, 3.63) is 81.6 Å². The summed E-state index contributed by atoms with van der Waals surface area (Å²) < 4.78 is 14.5. The minimum absolute atomic E-state index is 0. The molecule has 10 heteroatoms. The number of aromatic nitrogens is 2. The third-order valence-corrected chi connectivity index (χ3v) is 3.89. The largest absolute Gasteiger partial charge is 0.473 e. The van der Waals surface area contributed by atoms with Gasteiger partial charge in [-0.2, -0.15) is 4.98 Å². The number of pyridine rings is 2. The lowest BCUT2D eigenvalue weighted by atomic mass is 10.2. The maximum Gasteiger partial charge on any atom is 0.341 e. The van der Waals surface area contributed by atoms with E-state index < -0.39 is 11.9 Å². The molecular formula is C22H26N4O6. The number of nitrogen functional groups attached to an aromatic ring is 2. The Bertz CT molecular complexity index is 1100. The number of methoxy groups -OCH3 is 2. The van der Waals surface area contributed by atoms with Crippen LogP contribution in [0.4, 0.5) is 11.6 Å². The zero-order valence-corrected chi connectivity index (χ0v) is 17.0. The second-order valence-electron chi connectivity index (χ2n) is 5.99. The number of hydrogen-bond acceptors (Lipinski definition) is 9. The Labute approximate surface area is 185 Å². The Morgan fingerprint density at radius 2 is 1.50 bits per heavy atom. The van der Waals surface area contributed by atoms with E-state index in [-0.39, 0.29) is 35.7 Å². The van der Waals surface area contributed by atoms with Crippen molar-refractivity contribution in [3.63, 3.8) is 0 Å². The Kier molecular flexibility index (Phi) is 9.94. The molecule has 5 N–H and O–H groups in total. The van der Waals surface area contributed by atoms with Crippen molar-refractivity contribution < 1.29 is 23.8 Å². The number of H-pyrrole nitrogens is 1. The molecule has 0 aliphatic rings. The summed E-state index contributed by atoms with van der Waals surface area (Å²) in [5.41, 5.74) is 12.1. The highest BCUT2D eigenvalue weighted by Gasteiger charge is 2.12. The topological polar surface area (TPSA) is 160 Å². The lowest BCUT2D eigenvalue weighted by Gasteiger charge is -2.07. The van der Waals surface area contributed by atoms with Gasteiger partial charge in [0.25, 0.3) is 0 Å². The number of nitrogens with one attached hydrogen (secondary N) is 1. The maximum absolute atomic E-state index is 11.3. The Balaban J connectivity index is 0.000000342. The summed E-state index contributed by atoms with van der Waals surface area (Å²) in [6.07, 6.45) is 0. The molecule has 0 fully saturated rings. The Hall–Kier alpha value is -4.34. The molecule has 0 saturated carbocycles. The fourth-order valence-electron chi connectivity index (χ4n) is 2.33. The Morgan fingerprint density at radius 1 is 0.906 bits per heavy atom. The molecular weight excluding hydrogens is 416 g/mol. The molecule has 0 unspecified atom stereocenters. The first-order chi connectivity index (χ1) is 14.8. The number of carbonyl (C=O) groups is 2. The number of ether oxygens (including phenoxy) is 3.